The van der Waals surface area contributed by atoms with Crippen LogP contribution in [0.25, 0.3) is 0 Å². The topological polar surface area (TPSA) is 60.6 Å². The number of nitrogens with one attached hydrogen (secondary N) is 1. The fourth-order valence-electron chi connectivity index (χ4n) is 1.82. The highest BCUT2D eigenvalue weighted by molar-refractivity contribution is 4.83. The van der Waals surface area contributed by atoms with E-state index in [0.29, 0.717) is 0 Å². The molecule has 0 amide bonds. The molecule has 2 aromatic heterocycles. The van der Waals surface area contributed by atoms with Gasteiger partial charge in [0.15, 0.2) is 0 Å². The van der Waals surface area contributed by atoms with Gasteiger partial charge in [0.1, 0.15) is 12.2 Å². The van der Waals surface area contributed by atoms with Crippen molar-refractivity contribution < 1.29 is 0 Å². The minimum Gasteiger partial charge on any atom is -0.310 e. The van der Waals surface area contributed by atoms with Crippen LogP contribution in [-0.2, 0) is 19.6 Å². The summed E-state index contributed by atoms with van der Waals surface area (Å²) in [4.78, 5) is 4.25. The number of rotatable bonds is 8. The predicted octanol–water partition coefficient (Wildman–Crippen LogP) is 1.06. The summed E-state index contributed by atoms with van der Waals surface area (Å²) in [6, 6.07) is 1.95. The SMILES string of the molecule is CCCn1ncnc1CNCCCn1cccn1. The molecule has 18 heavy (non-hydrogen) atoms. The van der Waals surface area contributed by atoms with E-state index in [-0.39, 0.29) is 0 Å². The summed E-state index contributed by atoms with van der Waals surface area (Å²) in [5, 5.41) is 11.7. The van der Waals surface area contributed by atoms with Crippen LogP contribution < -0.4 is 5.32 Å². The Balaban J connectivity index is 1.64. The summed E-state index contributed by atoms with van der Waals surface area (Å²) < 4.78 is 3.90. The minimum atomic E-state index is 0.777. The summed E-state index contributed by atoms with van der Waals surface area (Å²) >= 11 is 0. The van der Waals surface area contributed by atoms with Gasteiger partial charge in [-0.2, -0.15) is 10.2 Å². The first-order valence-electron chi connectivity index (χ1n) is 6.45. The number of nitrogens with zero attached hydrogens (tertiary/aromatic N) is 5. The number of hydrogen-bond acceptors (Lipinski definition) is 4. The van der Waals surface area contributed by atoms with Crippen LogP contribution in [0.5, 0.6) is 0 Å². The third kappa shape index (κ3) is 3.66. The van der Waals surface area contributed by atoms with Crippen molar-refractivity contribution in [3.8, 4) is 0 Å². The standard InChI is InChI=1S/C12H20N6/c1-2-7-18-12(14-11-16-18)10-13-5-3-8-17-9-4-6-15-17/h4,6,9,11,13H,2-3,5,7-8,10H2,1H3. The molecule has 0 saturated carbocycles. The van der Waals surface area contributed by atoms with Crippen molar-refractivity contribution >= 4 is 0 Å². The number of hydrogen-bond donors (Lipinski definition) is 1. The molecule has 0 radical (unpaired) electrons. The molecule has 0 saturated heterocycles. The Morgan fingerprint density at radius 1 is 1.28 bits per heavy atom. The Hall–Kier alpha value is -1.69. The van der Waals surface area contributed by atoms with Gasteiger partial charge in [0.25, 0.3) is 0 Å². The smallest absolute Gasteiger partial charge is 0.140 e. The molecule has 6 heteroatoms. The van der Waals surface area contributed by atoms with Gasteiger partial charge in [-0.25, -0.2) is 9.67 Å². The van der Waals surface area contributed by atoms with Crippen molar-refractivity contribution in [2.45, 2.75) is 39.4 Å². The zero-order chi connectivity index (χ0) is 12.6. The summed E-state index contributed by atoms with van der Waals surface area (Å²) in [5.41, 5.74) is 0. The quantitative estimate of drug-likeness (QED) is 0.710. The molecule has 0 bridgehead atoms. The van der Waals surface area contributed by atoms with Gasteiger partial charge in [0.2, 0.25) is 0 Å². The fourth-order valence-corrected chi connectivity index (χ4v) is 1.82. The van der Waals surface area contributed by atoms with Gasteiger partial charge >= 0.3 is 0 Å². The molecule has 2 aromatic rings. The lowest BCUT2D eigenvalue weighted by Crippen LogP contribution is -2.20. The summed E-state index contributed by atoms with van der Waals surface area (Å²) in [6.45, 7) is 5.76. The molecule has 0 aromatic carbocycles. The Labute approximate surface area is 107 Å². The molecule has 2 heterocycles. The lowest BCUT2D eigenvalue weighted by Gasteiger charge is -2.06. The van der Waals surface area contributed by atoms with Crippen molar-refractivity contribution in [2.75, 3.05) is 6.54 Å². The first-order valence-corrected chi connectivity index (χ1v) is 6.45. The van der Waals surface area contributed by atoms with E-state index in [1.807, 2.05) is 21.6 Å². The molecular formula is C12H20N6. The lowest BCUT2D eigenvalue weighted by molar-refractivity contribution is 0.513. The molecule has 0 aliphatic carbocycles. The van der Waals surface area contributed by atoms with Crippen LogP contribution in [0, 0.1) is 0 Å². The lowest BCUT2D eigenvalue weighted by atomic mass is 10.4. The predicted molar refractivity (Wildman–Crippen MR) is 68.9 cm³/mol. The molecule has 6 nitrogen and oxygen atoms in total. The Kier molecular flexibility index (Phi) is 4.89. The molecule has 0 unspecified atom stereocenters. The van der Waals surface area contributed by atoms with Crippen LogP contribution in [0.15, 0.2) is 24.8 Å². The normalized spacial score (nSPS) is 10.9. The Morgan fingerprint density at radius 3 is 3.00 bits per heavy atom. The highest BCUT2D eigenvalue weighted by atomic mass is 15.3. The maximum atomic E-state index is 4.25. The minimum absolute atomic E-state index is 0.777. The van der Waals surface area contributed by atoms with Crippen LogP contribution in [0.4, 0.5) is 0 Å². The van der Waals surface area contributed by atoms with E-state index in [1.165, 1.54) is 0 Å². The van der Waals surface area contributed by atoms with Gasteiger partial charge in [0.05, 0.1) is 6.54 Å². The zero-order valence-electron chi connectivity index (χ0n) is 10.8. The largest absolute Gasteiger partial charge is 0.310 e. The third-order valence-electron chi connectivity index (χ3n) is 2.71. The van der Waals surface area contributed by atoms with E-state index >= 15 is 0 Å². The highest BCUT2D eigenvalue weighted by Crippen LogP contribution is 1.96. The Morgan fingerprint density at radius 2 is 2.22 bits per heavy atom. The van der Waals surface area contributed by atoms with Gasteiger partial charge in [-0.15, -0.1) is 0 Å². The first kappa shape index (κ1) is 12.8. The van der Waals surface area contributed by atoms with E-state index in [9.17, 15) is 0 Å². The van der Waals surface area contributed by atoms with Gasteiger partial charge in [0, 0.05) is 25.5 Å². The van der Waals surface area contributed by atoms with E-state index in [4.69, 9.17) is 0 Å². The fraction of sp³-hybridized carbons (Fsp3) is 0.583. The second-order valence-electron chi connectivity index (χ2n) is 4.20. The maximum Gasteiger partial charge on any atom is 0.140 e. The second-order valence-corrected chi connectivity index (χ2v) is 4.20. The molecule has 2 rings (SSSR count). The zero-order valence-corrected chi connectivity index (χ0v) is 10.8. The van der Waals surface area contributed by atoms with E-state index < -0.39 is 0 Å². The van der Waals surface area contributed by atoms with Crippen molar-refractivity contribution in [2.24, 2.45) is 0 Å². The van der Waals surface area contributed by atoms with Gasteiger partial charge in [-0.05, 0) is 25.5 Å². The molecule has 0 aliphatic rings. The molecular weight excluding hydrogens is 228 g/mol. The highest BCUT2D eigenvalue weighted by Gasteiger charge is 2.02. The molecule has 1 N–H and O–H groups in total. The van der Waals surface area contributed by atoms with Gasteiger partial charge < -0.3 is 5.32 Å². The van der Waals surface area contributed by atoms with Crippen molar-refractivity contribution in [1.82, 2.24) is 29.9 Å². The van der Waals surface area contributed by atoms with E-state index in [1.54, 1.807) is 12.5 Å². The van der Waals surface area contributed by atoms with Crippen LogP contribution in [-0.4, -0.2) is 31.1 Å². The number of aryl methyl sites for hydroxylation is 2. The van der Waals surface area contributed by atoms with Gasteiger partial charge in [-0.1, -0.05) is 6.92 Å². The average molecular weight is 248 g/mol. The van der Waals surface area contributed by atoms with Crippen molar-refractivity contribution in [3.05, 3.63) is 30.6 Å². The van der Waals surface area contributed by atoms with Crippen LogP contribution in [0.1, 0.15) is 25.6 Å². The molecule has 0 aliphatic heterocycles. The third-order valence-corrected chi connectivity index (χ3v) is 2.71. The Bertz CT molecular complexity index is 433. The van der Waals surface area contributed by atoms with Crippen LogP contribution in [0.3, 0.4) is 0 Å². The van der Waals surface area contributed by atoms with Gasteiger partial charge in [-0.3, -0.25) is 4.68 Å². The summed E-state index contributed by atoms with van der Waals surface area (Å²) in [6.07, 6.45) is 7.55. The van der Waals surface area contributed by atoms with Crippen molar-refractivity contribution in [1.29, 1.82) is 0 Å². The monoisotopic (exact) mass is 248 g/mol. The van der Waals surface area contributed by atoms with Crippen LogP contribution >= 0.6 is 0 Å². The van der Waals surface area contributed by atoms with E-state index in [2.05, 4.69) is 27.4 Å². The summed E-state index contributed by atoms with van der Waals surface area (Å²) in [7, 11) is 0. The molecule has 0 spiro atoms. The summed E-state index contributed by atoms with van der Waals surface area (Å²) in [5.74, 6) is 1.01. The first-order chi connectivity index (χ1) is 8.90. The van der Waals surface area contributed by atoms with E-state index in [0.717, 1.165) is 44.8 Å². The van der Waals surface area contributed by atoms with Crippen molar-refractivity contribution in [3.63, 3.8) is 0 Å². The molecule has 0 atom stereocenters. The average Bonchev–Trinajstić information content (AvgIpc) is 3.01. The molecule has 98 valence electrons. The van der Waals surface area contributed by atoms with Crippen LogP contribution in [0.2, 0.25) is 0 Å². The second kappa shape index (κ2) is 6.90. The number of aromatic nitrogens is 5. The molecule has 0 fully saturated rings. The maximum absolute atomic E-state index is 4.25.